The molecule has 0 unspecified atom stereocenters. The highest BCUT2D eigenvalue weighted by Crippen LogP contribution is 2.25. The first-order chi connectivity index (χ1) is 11.8. The summed E-state index contributed by atoms with van der Waals surface area (Å²) in [5.74, 6) is 0.341. The van der Waals surface area contributed by atoms with Gasteiger partial charge in [0.25, 0.3) is 0 Å². The molecule has 118 valence electrons. The topological polar surface area (TPSA) is 22.1 Å². The molecule has 1 aromatic heterocycles. The Morgan fingerprint density at radius 2 is 1.75 bits per heavy atom. The van der Waals surface area contributed by atoms with Gasteiger partial charge in [-0.3, -0.25) is 4.98 Å². The van der Waals surface area contributed by atoms with Crippen LogP contribution in [0.3, 0.4) is 0 Å². The van der Waals surface area contributed by atoms with Gasteiger partial charge in [-0.1, -0.05) is 48.5 Å². The Balaban J connectivity index is 1.52. The molecule has 0 aliphatic heterocycles. The van der Waals surface area contributed by atoms with Crippen molar-refractivity contribution in [2.75, 3.05) is 6.61 Å². The summed E-state index contributed by atoms with van der Waals surface area (Å²) in [7, 11) is 0. The number of halogens is 1. The van der Waals surface area contributed by atoms with E-state index in [1.165, 1.54) is 22.4 Å². The molecule has 0 radical (unpaired) electrons. The largest absolute Gasteiger partial charge is 0.492 e. The Morgan fingerprint density at radius 3 is 2.67 bits per heavy atom. The second-order valence-corrected chi connectivity index (χ2v) is 5.73. The van der Waals surface area contributed by atoms with E-state index in [-0.39, 0.29) is 5.82 Å². The summed E-state index contributed by atoms with van der Waals surface area (Å²) in [4.78, 5) is 4.09. The van der Waals surface area contributed by atoms with Gasteiger partial charge in [-0.15, -0.1) is 0 Å². The number of hydrogen-bond acceptors (Lipinski definition) is 2. The summed E-state index contributed by atoms with van der Waals surface area (Å²) >= 11 is 0. The van der Waals surface area contributed by atoms with Crippen LogP contribution in [-0.2, 0) is 6.42 Å². The second kappa shape index (κ2) is 6.28. The Bertz CT molecular complexity index is 1010. The van der Waals surface area contributed by atoms with Crippen LogP contribution < -0.4 is 4.74 Å². The van der Waals surface area contributed by atoms with Crippen molar-refractivity contribution in [1.29, 1.82) is 0 Å². The van der Waals surface area contributed by atoms with Crippen molar-refractivity contribution in [3.63, 3.8) is 0 Å². The van der Waals surface area contributed by atoms with Gasteiger partial charge in [0.15, 0.2) is 0 Å². The lowest BCUT2D eigenvalue weighted by atomic mass is 10.1. The van der Waals surface area contributed by atoms with E-state index < -0.39 is 0 Å². The maximum atomic E-state index is 13.8. The minimum Gasteiger partial charge on any atom is -0.492 e. The molecular formula is C21H16FNO. The molecule has 0 bridgehead atoms. The Labute approximate surface area is 139 Å². The normalized spacial score (nSPS) is 11.0. The first-order valence-corrected chi connectivity index (χ1v) is 7.95. The quantitative estimate of drug-likeness (QED) is 0.519. The lowest BCUT2D eigenvalue weighted by molar-refractivity contribution is 0.325. The zero-order chi connectivity index (χ0) is 16.4. The monoisotopic (exact) mass is 317 g/mol. The van der Waals surface area contributed by atoms with E-state index in [2.05, 4.69) is 35.3 Å². The van der Waals surface area contributed by atoms with Gasteiger partial charge in [-0.05, 0) is 34.5 Å². The summed E-state index contributed by atoms with van der Waals surface area (Å²) in [5.41, 5.74) is 1.57. The van der Waals surface area contributed by atoms with Crippen molar-refractivity contribution in [2.45, 2.75) is 6.42 Å². The molecule has 4 rings (SSSR count). The first-order valence-electron chi connectivity index (χ1n) is 7.95. The van der Waals surface area contributed by atoms with Crippen molar-refractivity contribution in [1.82, 2.24) is 4.98 Å². The maximum absolute atomic E-state index is 13.8. The molecule has 3 aromatic carbocycles. The van der Waals surface area contributed by atoms with E-state index in [0.717, 1.165) is 6.42 Å². The van der Waals surface area contributed by atoms with Crippen LogP contribution in [0.4, 0.5) is 4.39 Å². The van der Waals surface area contributed by atoms with Crippen molar-refractivity contribution in [2.24, 2.45) is 0 Å². The van der Waals surface area contributed by atoms with E-state index in [1.807, 2.05) is 18.2 Å². The van der Waals surface area contributed by atoms with Crippen LogP contribution in [0.2, 0.25) is 0 Å². The van der Waals surface area contributed by atoms with Gasteiger partial charge < -0.3 is 4.74 Å². The minimum absolute atomic E-state index is 0.326. The molecule has 0 N–H and O–H groups in total. The number of hydrogen-bond donors (Lipinski definition) is 0. The molecular weight excluding hydrogens is 301 g/mol. The smallest absolute Gasteiger partial charge is 0.149 e. The van der Waals surface area contributed by atoms with Crippen molar-refractivity contribution in [3.05, 3.63) is 84.3 Å². The van der Waals surface area contributed by atoms with Crippen LogP contribution in [0.5, 0.6) is 5.75 Å². The third kappa shape index (κ3) is 2.81. The number of nitrogens with zero attached hydrogens (tertiary/aromatic N) is 1. The van der Waals surface area contributed by atoms with Crippen molar-refractivity contribution < 1.29 is 9.13 Å². The van der Waals surface area contributed by atoms with Gasteiger partial charge in [0, 0.05) is 18.0 Å². The van der Waals surface area contributed by atoms with Gasteiger partial charge in [0.2, 0.25) is 0 Å². The van der Waals surface area contributed by atoms with Crippen LogP contribution in [0.1, 0.15) is 5.56 Å². The highest BCUT2D eigenvalue weighted by atomic mass is 19.1. The van der Waals surface area contributed by atoms with Gasteiger partial charge in [-0.25, -0.2) is 4.39 Å². The van der Waals surface area contributed by atoms with Crippen LogP contribution >= 0.6 is 0 Å². The lowest BCUT2D eigenvalue weighted by Crippen LogP contribution is -2.02. The van der Waals surface area contributed by atoms with Crippen molar-refractivity contribution >= 4 is 21.7 Å². The zero-order valence-corrected chi connectivity index (χ0v) is 13.1. The van der Waals surface area contributed by atoms with E-state index in [4.69, 9.17) is 4.74 Å². The highest BCUT2D eigenvalue weighted by Gasteiger charge is 2.07. The molecule has 1 heterocycles. The predicted octanol–water partition coefficient (Wildman–Crippen LogP) is 5.15. The standard InChI is InChI=1S/C21H16FNO/c22-19-7-3-6-18-20(10-12-23-21(18)19)24-13-11-15-8-9-16-4-1-2-5-17(16)14-15/h1-10,12,14H,11,13H2. The molecule has 0 aliphatic carbocycles. The molecule has 0 aliphatic rings. The van der Waals surface area contributed by atoms with E-state index in [0.29, 0.717) is 23.3 Å². The summed E-state index contributed by atoms with van der Waals surface area (Å²) in [6, 6.07) is 21.4. The fourth-order valence-electron chi connectivity index (χ4n) is 2.91. The van der Waals surface area contributed by atoms with E-state index in [1.54, 1.807) is 18.3 Å². The SMILES string of the molecule is Fc1cccc2c(OCCc3ccc4ccccc4c3)ccnc12. The van der Waals surface area contributed by atoms with Gasteiger partial charge in [-0.2, -0.15) is 0 Å². The molecule has 0 spiro atoms. The zero-order valence-electron chi connectivity index (χ0n) is 13.1. The maximum Gasteiger partial charge on any atom is 0.149 e. The van der Waals surface area contributed by atoms with Gasteiger partial charge in [0.05, 0.1) is 6.61 Å². The third-order valence-corrected chi connectivity index (χ3v) is 4.14. The van der Waals surface area contributed by atoms with Crippen LogP contribution in [0, 0.1) is 5.82 Å². The first kappa shape index (κ1) is 14.6. The number of pyridine rings is 1. The minimum atomic E-state index is -0.326. The van der Waals surface area contributed by atoms with Crippen LogP contribution in [0.15, 0.2) is 72.9 Å². The fraction of sp³-hybridized carbons (Fsp3) is 0.0952. The second-order valence-electron chi connectivity index (χ2n) is 5.73. The molecule has 24 heavy (non-hydrogen) atoms. The van der Waals surface area contributed by atoms with Crippen LogP contribution in [-0.4, -0.2) is 11.6 Å². The Morgan fingerprint density at radius 1 is 0.875 bits per heavy atom. The molecule has 0 amide bonds. The molecule has 0 atom stereocenters. The summed E-state index contributed by atoms with van der Waals surface area (Å²) in [5, 5.41) is 3.17. The number of rotatable bonds is 4. The van der Waals surface area contributed by atoms with Crippen LogP contribution in [0.25, 0.3) is 21.7 Å². The van der Waals surface area contributed by atoms with E-state index in [9.17, 15) is 4.39 Å². The molecule has 0 fully saturated rings. The average molecular weight is 317 g/mol. The molecule has 2 nitrogen and oxygen atoms in total. The lowest BCUT2D eigenvalue weighted by Gasteiger charge is -2.10. The number of benzene rings is 3. The number of para-hydroxylation sites is 1. The fourth-order valence-corrected chi connectivity index (χ4v) is 2.91. The van der Waals surface area contributed by atoms with Gasteiger partial charge >= 0.3 is 0 Å². The Hall–Kier alpha value is -2.94. The number of aromatic nitrogens is 1. The van der Waals surface area contributed by atoms with Crippen molar-refractivity contribution in [3.8, 4) is 5.75 Å². The summed E-state index contributed by atoms with van der Waals surface area (Å²) in [6.45, 7) is 0.536. The molecule has 0 saturated carbocycles. The highest BCUT2D eigenvalue weighted by molar-refractivity contribution is 5.85. The third-order valence-electron chi connectivity index (χ3n) is 4.14. The number of ether oxygens (including phenoxy) is 1. The van der Waals surface area contributed by atoms with Gasteiger partial charge in [0.1, 0.15) is 17.1 Å². The molecule has 4 aromatic rings. The summed E-state index contributed by atoms with van der Waals surface area (Å²) in [6.07, 6.45) is 2.38. The predicted molar refractivity (Wildman–Crippen MR) is 94.8 cm³/mol. The van der Waals surface area contributed by atoms with E-state index >= 15 is 0 Å². The molecule has 3 heteroatoms. The number of fused-ring (bicyclic) bond motifs is 2. The Kier molecular flexibility index (Phi) is 3.83. The average Bonchev–Trinajstić information content (AvgIpc) is 2.62. The molecule has 0 saturated heterocycles. The summed E-state index contributed by atoms with van der Waals surface area (Å²) < 4.78 is 19.7.